The fourth-order valence-corrected chi connectivity index (χ4v) is 1.68. The van der Waals surface area contributed by atoms with Crippen LogP contribution < -0.4 is 5.73 Å². The van der Waals surface area contributed by atoms with Crippen LogP contribution in [0.3, 0.4) is 0 Å². The molecule has 0 fully saturated rings. The first-order chi connectivity index (χ1) is 6.97. The van der Waals surface area contributed by atoms with Crippen LogP contribution in [0.2, 0.25) is 0 Å². The minimum absolute atomic E-state index is 0.181. The number of hydrogen-bond acceptors (Lipinski definition) is 2. The van der Waals surface area contributed by atoms with Gasteiger partial charge in [0.25, 0.3) is 0 Å². The quantitative estimate of drug-likeness (QED) is 0.896. The molecule has 1 aromatic rings. The monoisotopic (exact) mass is 283 g/mol. The van der Waals surface area contributed by atoms with Crippen molar-refractivity contribution in [1.29, 1.82) is 0 Å². The van der Waals surface area contributed by atoms with Crippen molar-refractivity contribution < 1.29 is 18.3 Å². The molecule has 6 heteroatoms. The van der Waals surface area contributed by atoms with Crippen molar-refractivity contribution in [2.24, 2.45) is 5.73 Å². The molecular formula is C9H9BrF3NO. The summed E-state index contributed by atoms with van der Waals surface area (Å²) < 4.78 is 38.3. The molecule has 15 heavy (non-hydrogen) atoms. The molecule has 3 N–H and O–H groups in total. The van der Waals surface area contributed by atoms with Crippen molar-refractivity contribution in [2.75, 3.05) is 6.54 Å². The van der Waals surface area contributed by atoms with Crippen LogP contribution in [0.4, 0.5) is 13.2 Å². The summed E-state index contributed by atoms with van der Waals surface area (Å²) in [6, 6.07) is 2.24. The number of hydrogen-bond donors (Lipinski definition) is 2. The lowest BCUT2D eigenvalue weighted by atomic mass is 9.98. The average Bonchev–Trinajstić information content (AvgIpc) is 2.13. The van der Waals surface area contributed by atoms with Crippen LogP contribution in [-0.2, 0) is 0 Å². The lowest BCUT2D eigenvalue weighted by molar-refractivity contribution is 0.115. The molecule has 0 amide bonds. The Bertz CT molecular complexity index is 359. The summed E-state index contributed by atoms with van der Waals surface area (Å²) in [7, 11) is 0. The second-order valence-corrected chi connectivity index (χ2v) is 3.92. The van der Waals surface area contributed by atoms with Gasteiger partial charge in [-0.2, -0.15) is 0 Å². The van der Waals surface area contributed by atoms with Crippen LogP contribution >= 0.6 is 15.9 Å². The number of benzene rings is 1. The van der Waals surface area contributed by atoms with Crippen LogP contribution in [0, 0.1) is 5.82 Å². The van der Waals surface area contributed by atoms with Gasteiger partial charge in [0.15, 0.2) is 11.6 Å². The van der Waals surface area contributed by atoms with Crippen molar-refractivity contribution in [3.8, 4) is 5.75 Å². The molecule has 1 unspecified atom stereocenters. The highest BCUT2D eigenvalue weighted by Gasteiger charge is 2.25. The summed E-state index contributed by atoms with van der Waals surface area (Å²) in [4.78, 5) is 0. The van der Waals surface area contributed by atoms with Crippen molar-refractivity contribution in [3.05, 3.63) is 28.0 Å². The van der Waals surface area contributed by atoms with Crippen LogP contribution in [-0.4, -0.2) is 18.1 Å². The Hall–Kier alpha value is -0.750. The third kappa shape index (κ3) is 2.63. The molecule has 0 aliphatic carbocycles. The largest absolute Gasteiger partial charge is 0.505 e. The zero-order valence-corrected chi connectivity index (χ0v) is 9.14. The number of aromatic hydroxyl groups is 1. The van der Waals surface area contributed by atoms with E-state index in [9.17, 15) is 18.3 Å². The number of halogens is 4. The van der Waals surface area contributed by atoms with Crippen LogP contribution in [0.15, 0.2) is 16.6 Å². The molecule has 84 valence electrons. The van der Waals surface area contributed by atoms with Crippen molar-refractivity contribution in [3.63, 3.8) is 0 Å². The SMILES string of the molecule is NCC(c1cc(Br)cc(F)c1O)C(F)F. The molecule has 0 bridgehead atoms. The first-order valence-corrected chi connectivity index (χ1v) is 4.92. The second kappa shape index (κ2) is 4.85. The summed E-state index contributed by atoms with van der Waals surface area (Å²) in [5.74, 6) is -3.08. The van der Waals surface area contributed by atoms with E-state index in [2.05, 4.69) is 15.9 Å². The van der Waals surface area contributed by atoms with Gasteiger partial charge in [-0.1, -0.05) is 15.9 Å². The number of phenolic OH excluding ortho intramolecular Hbond substituents is 1. The molecule has 0 saturated carbocycles. The summed E-state index contributed by atoms with van der Waals surface area (Å²) in [5.41, 5.74) is 4.96. The third-order valence-electron chi connectivity index (χ3n) is 2.02. The summed E-state index contributed by atoms with van der Waals surface area (Å²) in [5, 5.41) is 9.29. The second-order valence-electron chi connectivity index (χ2n) is 3.00. The Morgan fingerprint density at radius 1 is 1.40 bits per heavy atom. The fourth-order valence-electron chi connectivity index (χ4n) is 1.23. The Morgan fingerprint density at radius 2 is 2.00 bits per heavy atom. The normalized spacial score (nSPS) is 13.2. The van der Waals surface area contributed by atoms with Gasteiger partial charge in [-0.05, 0) is 12.1 Å². The highest BCUT2D eigenvalue weighted by atomic mass is 79.9. The zero-order valence-electron chi connectivity index (χ0n) is 7.55. The van der Waals surface area contributed by atoms with Gasteiger partial charge >= 0.3 is 0 Å². The van der Waals surface area contributed by atoms with Gasteiger partial charge in [0.05, 0.1) is 5.92 Å². The number of rotatable bonds is 3. The van der Waals surface area contributed by atoms with E-state index < -0.39 is 23.9 Å². The molecule has 1 atom stereocenters. The standard InChI is InChI=1S/C9H9BrF3NO/c10-4-1-5(6(3-14)9(12)13)8(15)7(11)2-4/h1-2,6,9,15H,3,14H2. The molecular weight excluding hydrogens is 275 g/mol. The minimum Gasteiger partial charge on any atom is -0.505 e. The maximum absolute atomic E-state index is 13.0. The molecule has 0 radical (unpaired) electrons. The van der Waals surface area contributed by atoms with E-state index in [-0.39, 0.29) is 16.6 Å². The molecule has 1 aromatic carbocycles. The van der Waals surface area contributed by atoms with E-state index in [4.69, 9.17) is 5.73 Å². The van der Waals surface area contributed by atoms with Crippen molar-refractivity contribution in [1.82, 2.24) is 0 Å². The molecule has 0 aromatic heterocycles. The zero-order chi connectivity index (χ0) is 11.6. The van der Waals surface area contributed by atoms with Crippen LogP contribution in [0.1, 0.15) is 11.5 Å². The van der Waals surface area contributed by atoms with E-state index in [0.29, 0.717) is 0 Å². The Kier molecular flexibility index (Phi) is 3.98. The van der Waals surface area contributed by atoms with E-state index in [1.165, 1.54) is 6.07 Å². The summed E-state index contributed by atoms with van der Waals surface area (Å²) in [6.07, 6.45) is -2.74. The Labute approximate surface area is 93.0 Å². The van der Waals surface area contributed by atoms with E-state index >= 15 is 0 Å². The predicted molar refractivity (Wildman–Crippen MR) is 53.6 cm³/mol. The van der Waals surface area contributed by atoms with Crippen molar-refractivity contribution in [2.45, 2.75) is 12.3 Å². The molecule has 0 spiro atoms. The van der Waals surface area contributed by atoms with Crippen molar-refractivity contribution >= 4 is 15.9 Å². The first kappa shape index (κ1) is 12.3. The third-order valence-corrected chi connectivity index (χ3v) is 2.47. The highest BCUT2D eigenvalue weighted by molar-refractivity contribution is 9.10. The maximum Gasteiger partial charge on any atom is 0.246 e. The van der Waals surface area contributed by atoms with Gasteiger partial charge in [-0.3, -0.25) is 0 Å². The lowest BCUT2D eigenvalue weighted by Gasteiger charge is -2.16. The van der Waals surface area contributed by atoms with E-state index in [0.717, 1.165) is 6.07 Å². The lowest BCUT2D eigenvalue weighted by Crippen LogP contribution is -2.20. The average molecular weight is 284 g/mol. The van der Waals surface area contributed by atoms with Gasteiger partial charge in [0.2, 0.25) is 6.43 Å². The molecule has 2 nitrogen and oxygen atoms in total. The minimum atomic E-state index is -2.74. The van der Waals surface area contributed by atoms with E-state index in [1.54, 1.807) is 0 Å². The van der Waals surface area contributed by atoms with Gasteiger partial charge in [-0.15, -0.1) is 0 Å². The molecule has 1 rings (SSSR count). The maximum atomic E-state index is 13.0. The topological polar surface area (TPSA) is 46.2 Å². The molecule has 0 aliphatic heterocycles. The van der Waals surface area contributed by atoms with Gasteiger partial charge in [-0.25, -0.2) is 13.2 Å². The molecule has 0 aliphatic rings. The molecule has 0 heterocycles. The Balaban J connectivity index is 3.22. The highest BCUT2D eigenvalue weighted by Crippen LogP contribution is 2.34. The van der Waals surface area contributed by atoms with Gasteiger partial charge in [0, 0.05) is 16.6 Å². The number of alkyl halides is 2. The number of phenols is 1. The van der Waals surface area contributed by atoms with E-state index in [1.807, 2.05) is 0 Å². The summed E-state index contributed by atoms with van der Waals surface area (Å²) >= 11 is 2.96. The fraction of sp³-hybridized carbons (Fsp3) is 0.333. The smallest absolute Gasteiger partial charge is 0.246 e. The first-order valence-electron chi connectivity index (χ1n) is 4.13. The van der Waals surface area contributed by atoms with Crippen LogP contribution in [0.25, 0.3) is 0 Å². The summed E-state index contributed by atoms with van der Waals surface area (Å²) in [6.45, 7) is -0.360. The Morgan fingerprint density at radius 3 is 2.47 bits per heavy atom. The molecule has 0 saturated heterocycles. The van der Waals surface area contributed by atoms with Gasteiger partial charge in [0.1, 0.15) is 0 Å². The van der Waals surface area contributed by atoms with Gasteiger partial charge < -0.3 is 10.8 Å². The van der Waals surface area contributed by atoms with Crippen LogP contribution in [0.5, 0.6) is 5.75 Å². The number of nitrogens with two attached hydrogens (primary N) is 1. The predicted octanol–water partition coefficient (Wildman–Crippen LogP) is 2.60.